The third kappa shape index (κ3) is 6.40. The van der Waals surface area contributed by atoms with E-state index in [1.807, 2.05) is 0 Å². The maximum absolute atomic E-state index is 12.9. The minimum absolute atomic E-state index is 0.132. The lowest BCUT2D eigenvalue weighted by Gasteiger charge is -2.04. The van der Waals surface area contributed by atoms with Gasteiger partial charge in [0.2, 0.25) is 11.0 Å². The fraction of sp³-hybridized carbons (Fsp3) is 0.111. The van der Waals surface area contributed by atoms with Crippen molar-refractivity contribution in [3.05, 3.63) is 69.5 Å². The van der Waals surface area contributed by atoms with Gasteiger partial charge in [-0.25, -0.2) is 4.39 Å². The van der Waals surface area contributed by atoms with Gasteiger partial charge < -0.3 is 5.32 Å². The molecule has 0 bridgehead atoms. The van der Waals surface area contributed by atoms with Crippen molar-refractivity contribution in [1.82, 2.24) is 15.5 Å². The van der Waals surface area contributed by atoms with Crippen LogP contribution in [0.4, 0.5) is 9.52 Å². The molecule has 0 atom stereocenters. The molecular formula is C18H13Cl2FN4O2S2. The van der Waals surface area contributed by atoms with Crippen LogP contribution in [0.1, 0.15) is 15.9 Å². The smallest absolute Gasteiger partial charge is 0.259 e. The summed E-state index contributed by atoms with van der Waals surface area (Å²) in [4.78, 5) is 24.2. The summed E-state index contributed by atoms with van der Waals surface area (Å²) in [5, 5.41) is 14.1. The van der Waals surface area contributed by atoms with Gasteiger partial charge in [-0.1, -0.05) is 58.4 Å². The summed E-state index contributed by atoms with van der Waals surface area (Å²) in [5.74, 6) is -0.829. The first-order chi connectivity index (χ1) is 13.9. The molecule has 11 heteroatoms. The lowest BCUT2D eigenvalue weighted by Crippen LogP contribution is -2.24. The van der Waals surface area contributed by atoms with Gasteiger partial charge in [-0.15, -0.1) is 10.2 Å². The average molecular weight is 471 g/mol. The van der Waals surface area contributed by atoms with Crippen molar-refractivity contribution in [3.63, 3.8) is 0 Å². The normalized spacial score (nSPS) is 10.6. The number of carbonyl (C=O) groups excluding carboxylic acids is 2. The molecule has 29 heavy (non-hydrogen) atoms. The van der Waals surface area contributed by atoms with E-state index in [9.17, 15) is 14.0 Å². The average Bonchev–Trinajstić information content (AvgIpc) is 3.13. The fourth-order valence-electron chi connectivity index (χ4n) is 2.14. The van der Waals surface area contributed by atoms with Crippen LogP contribution in [-0.2, 0) is 11.3 Å². The second-order valence-corrected chi connectivity index (χ2v) is 8.69. The van der Waals surface area contributed by atoms with E-state index >= 15 is 0 Å². The van der Waals surface area contributed by atoms with Crippen molar-refractivity contribution in [3.8, 4) is 0 Å². The maximum atomic E-state index is 12.9. The van der Waals surface area contributed by atoms with Crippen molar-refractivity contribution >= 4 is 63.2 Å². The van der Waals surface area contributed by atoms with Gasteiger partial charge in [-0.2, -0.15) is 0 Å². The van der Waals surface area contributed by atoms with Crippen molar-refractivity contribution in [2.45, 2.75) is 10.9 Å². The number of halogens is 3. The van der Waals surface area contributed by atoms with E-state index in [0.717, 1.165) is 16.9 Å². The Morgan fingerprint density at radius 2 is 1.86 bits per heavy atom. The summed E-state index contributed by atoms with van der Waals surface area (Å²) >= 11 is 14.2. The van der Waals surface area contributed by atoms with E-state index in [4.69, 9.17) is 23.2 Å². The Balaban J connectivity index is 1.47. The predicted molar refractivity (Wildman–Crippen MR) is 113 cm³/mol. The van der Waals surface area contributed by atoms with E-state index in [1.54, 1.807) is 18.2 Å². The molecule has 1 heterocycles. The van der Waals surface area contributed by atoms with E-state index in [2.05, 4.69) is 20.8 Å². The molecule has 0 unspecified atom stereocenters. The van der Waals surface area contributed by atoms with Crippen LogP contribution in [0.2, 0.25) is 10.0 Å². The molecule has 2 amide bonds. The Kier molecular flexibility index (Phi) is 7.43. The fourth-order valence-corrected chi connectivity index (χ4v) is 4.21. The van der Waals surface area contributed by atoms with E-state index in [1.165, 1.54) is 36.0 Å². The highest BCUT2D eigenvalue weighted by Crippen LogP contribution is 2.27. The number of hydrogen-bond acceptors (Lipinski definition) is 6. The monoisotopic (exact) mass is 470 g/mol. The number of amides is 2. The number of aromatic nitrogens is 2. The molecule has 1 aromatic heterocycles. The molecule has 3 rings (SSSR count). The number of anilines is 1. The van der Waals surface area contributed by atoms with Crippen LogP contribution >= 0.6 is 46.3 Å². The molecule has 0 saturated heterocycles. The highest BCUT2D eigenvalue weighted by molar-refractivity contribution is 8.01. The highest BCUT2D eigenvalue weighted by Gasteiger charge is 2.14. The molecule has 0 aliphatic carbocycles. The quantitative estimate of drug-likeness (QED) is 0.387. The second kappa shape index (κ2) is 10.0. The Labute approximate surface area is 183 Å². The Bertz CT molecular complexity index is 1030. The third-order valence-electron chi connectivity index (χ3n) is 3.53. The number of benzene rings is 2. The van der Waals surface area contributed by atoms with Gasteiger partial charge >= 0.3 is 0 Å². The number of nitrogens with one attached hydrogen (secondary N) is 2. The first kappa shape index (κ1) is 21.5. The third-order valence-corrected chi connectivity index (χ3v) is 6.05. The van der Waals surface area contributed by atoms with Crippen LogP contribution in [-0.4, -0.2) is 27.8 Å². The zero-order valence-corrected chi connectivity index (χ0v) is 17.8. The van der Waals surface area contributed by atoms with E-state index < -0.39 is 5.91 Å². The van der Waals surface area contributed by atoms with Gasteiger partial charge in [-0.3, -0.25) is 14.9 Å². The number of nitrogens with zero attached hydrogens (tertiary/aromatic N) is 2. The van der Waals surface area contributed by atoms with Crippen LogP contribution in [0.5, 0.6) is 0 Å². The van der Waals surface area contributed by atoms with Gasteiger partial charge in [0.25, 0.3) is 5.91 Å². The SMILES string of the molecule is O=C(CSc1nnc(NC(=O)c2ccc(Cl)cc2Cl)s1)NCc1ccc(F)cc1. The number of carbonyl (C=O) groups is 2. The van der Waals surface area contributed by atoms with Crippen molar-refractivity contribution in [2.24, 2.45) is 0 Å². The molecular weight excluding hydrogens is 458 g/mol. The molecule has 0 aliphatic heterocycles. The number of rotatable bonds is 7. The van der Waals surface area contributed by atoms with E-state index in [0.29, 0.717) is 15.9 Å². The van der Waals surface area contributed by atoms with Crippen LogP contribution in [0, 0.1) is 5.82 Å². The molecule has 2 aromatic carbocycles. The highest BCUT2D eigenvalue weighted by atomic mass is 35.5. The Morgan fingerprint density at radius 3 is 2.59 bits per heavy atom. The molecule has 0 saturated carbocycles. The standard InChI is InChI=1S/C18H13Cl2FN4O2S2/c19-11-3-6-13(14(20)7-11)16(27)23-17-24-25-18(29-17)28-9-15(26)22-8-10-1-4-12(21)5-2-10/h1-7H,8-9H2,(H,22,26)(H,23,24,27). The lowest BCUT2D eigenvalue weighted by molar-refractivity contribution is -0.118. The van der Waals surface area contributed by atoms with Gasteiger partial charge in [0.15, 0.2) is 4.34 Å². The largest absolute Gasteiger partial charge is 0.351 e. The molecule has 2 N–H and O–H groups in total. The minimum atomic E-state index is -0.434. The topological polar surface area (TPSA) is 84.0 Å². The first-order valence-corrected chi connectivity index (χ1v) is 10.7. The second-order valence-electron chi connectivity index (χ2n) is 5.64. The molecule has 0 radical (unpaired) electrons. The van der Waals surface area contributed by atoms with Gasteiger partial charge in [0.1, 0.15) is 5.82 Å². The van der Waals surface area contributed by atoms with Crippen LogP contribution < -0.4 is 10.6 Å². The summed E-state index contributed by atoms with van der Waals surface area (Å²) in [6, 6.07) is 10.4. The van der Waals surface area contributed by atoms with Crippen LogP contribution in [0.25, 0.3) is 0 Å². The van der Waals surface area contributed by atoms with Crippen LogP contribution in [0.15, 0.2) is 46.8 Å². The number of thioether (sulfide) groups is 1. The lowest BCUT2D eigenvalue weighted by atomic mass is 10.2. The number of hydrogen-bond donors (Lipinski definition) is 2. The summed E-state index contributed by atoms with van der Waals surface area (Å²) < 4.78 is 13.4. The molecule has 0 aliphatic rings. The first-order valence-electron chi connectivity index (χ1n) is 8.14. The summed E-state index contributed by atoms with van der Waals surface area (Å²) in [5.41, 5.74) is 1.06. The minimum Gasteiger partial charge on any atom is -0.351 e. The zero-order chi connectivity index (χ0) is 20.8. The van der Waals surface area contributed by atoms with Crippen molar-refractivity contribution in [2.75, 3.05) is 11.1 Å². The maximum Gasteiger partial charge on any atom is 0.259 e. The summed E-state index contributed by atoms with van der Waals surface area (Å²) in [6.45, 7) is 0.305. The van der Waals surface area contributed by atoms with Gasteiger partial charge in [0.05, 0.1) is 16.3 Å². The summed E-state index contributed by atoms with van der Waals surface area (Å²) in [6.07, 6.45) is 0. The molecule has 0 fully saturated rings. The van der Waals surface area contributed by atoms with Gasteiger partial charge in [0, 0.05) is 11.6 Å². The van der Waals surface area contributed by atoms with Gasteiger partial charge in [-0.05, 0) is 35.9 Å². The molecule has 6 nitrogen and oxygen atoms in total. The summed E-state index contributed by atoms with van der Waals surface area (Å²) in [7, 11) is 0. The molecule has 0 spiro atoms. The predicted octanol–water partition coefficient (Wildman–Crippen LogP) is 4.64. The Morgan fingerprint density at radius 1 is 1.10 bits per heavy atom. The molecule has 150 valence electrons. The van der Waals surface area contributed by atoms with E-state index in [-0.39, 0.29) is 33.2 Å². The van der Waals surface area contributed by atoms with Crippen molar-refractivity contribution < 1.29 is 14.0 Å². The Hall–Kier alpha value is -2.20. The van der Waals surface area contributed by atoms with Crippen molar-refractivity contribution in [1.29, 1.82) is 0 Å². The zero-order valence-electron chi connectivity index (χ0n) is 14.6. The molecule has 3 aromatic rings. The van der Waals surface area contributed by atoms with Crippen LogP contribution in [0.3, 0.4) is 0 Å².